The van der Waals surface area contributed by atoms with E-state index in [9.17, 15) is 4.79 Å². The summed E-state index contributed by atoms with van der Waals surface area (Å²) in [5, 5.41) is 0. The van der Waals surface area contributed by atoms with Crippen molar-refractivity contribution >= 4 is 11.0 Å². The fraction of sp³-hybridized carbons (Fsp3) is 0.0769. The van der Waals surface area contributed by atoms with Crippen LogP contribution in [0.4, 0.5) is 0 Å². The summed E-state index contributed by atoms with van der Waals surface area (Å²) in [5.74, 6) is 0. The Kier molecular flexibility index (Phi) is 2.08. The molecule has 1 aromatic carbocycles. The van der Waals surface area contributed by atoms with Crippen molar-refractivity contribution < 1.29 is 0 Å². The normalized spacial score (nSPS) is 10.9. The summed E-state index contributed by atoms with van der Waals surface area (Å²) in [7, 11) is 0. The van der Waals surface area contributed by atoms with Gasteiger partial charge in [-0.05, 0) is 36.8 Å². The maximum atomic E-state index is 11.9. The van der Waals surface area contributed by atoms with Crippen LogP contribution >= 0.6 is 0 Å². The first-order valence-corrected chi connectivity index (χ1v) is 5.37. The number of hydrogen-bond donors (Lipinski definition) is 1. The van der Waals surface area contributed by atoms with Gasteiger partial charge in [0.25, 0.3) is 0 Å². The molecule has 0 radical (unpaired) electrons. The monoisotopic (exact) mass is 225 g/mol. The second-order valence-corrected chi connectivity index (χ2v) is 4.00. The molecule has 0 saturated heterocycles. The van der Waals surface area contributed by atoms with Crippen molar-refractivity contribution in [1.82, 2.24) is 14.5 Å². The van der Waals surface area contributed by atoms with E-state index in [0.717, 1.165) is 22.3 Å². The van der Waals surface area contributed by atoms with Crippen molar-refractivity contribution in [3.63, 3.8) is 0 Å². The number of imidazole rings is 1. The number of nitrogens with one attached hydrogen (secondary N) is 1. The highest BCUT2D eigenvalue weighted by molar-refractivity contribution is 5.77. The van der Waals surface area contributed by atoms with Crippen molar-refractivity contribution in [2.24, 2.45) is 0 Å². The van der Waals surface area contributed by atoms with Crippen LogP contribution in [0.5, 0.6) is 0 Å². The lowest BCUT2D eigenvalue weighted by Crippen LogP contribution is -2.14. The van der Waals surface area contributed by atoms with Crippen LogP contribution in [0.2, 0.25) is 0 Å². The highest BCUT2D eigenvalue weighted by Crippen LogP contribution is 2.15. The van der Waals surface area contributed by atoms with Crippen LogP contribution in [0, 0.1) is 6.92 Å². The van der Waals surface area contributed by atoms with E-state index in [-0.39, 0.29) is 5.69 Å². The topological polar surface area (TPSA) is 50.7 Å². The Labute approximate surface area is 97.6 Å². The summed E-state index contributed by atoms with van der Waals surface area (Å²) in [5.41, 5.74) is 3.47. The molecule has 0 bridgehead atoms. The molecule has 84 valence electrons. The molecule has 4 heteroatoms. The summed E-state index contributed by atoms with van der Waals surface area (Å²) in [6.07, 6.45) is 3.37. The van der Waals surface area contributed by atoms with Crippen LogP contribution in [0.25, 0.3) is 16.7 Å². The number of nitrogens with zero attached hydrogens (tertiary/aromatic N) is 2. The smallest absolute Gasteiger partial charge is 0.305 e. The molecule has 0 aliphatic carbocycles. The maximum Gasteiger partial charge on any atom is 0.331 e. The number of benzene rings is 1. The van der Waals surface area contributed by atoms with Gasteiger partial charge in [-0.3, -0.25) is 9.55 Å². The summed E-state index contributed by atoms with van der Waals surface area (Å²) in [4.78, 5) is 18.8. The lowest BCUT2D eigenvalue weighted by atomic mass is 10.2. The van der Waals surface area contributed by atoms with E-state index in [4.69, 9.17) is 0 Å². The van der Waals surface area contributed by atoms with Gasteiger partial charge in [0.15, 0.2) is 0 Å². The number of hydrogen-bond acceptors (Lipinski definition) is 2. The minimum Gasteiger partial charge on any atom is -0.305 e. The van der Waals surface area contributed by atoms with Crippen LogP contribution in [-0.2, 0) is 0 Å². The first kappa shape index (κ1) is 9.84. The van der Waals surface area contributed by atoms with Crippen molar-refractivity contribution in [3.8, 4) is 5.69 Å². The Bertz CT molecular complexity index is 725. The molecule has 3 aromatic rings. The van der Waals surface area contributed by atoms with Gasteiger partial charge < -0.3 is 4.98 Å². The van der Waals surface area contributed by atoms with E-state index >= 15 is 0 Å². The maximum absolute atomic E-state index is 11.9. The van der Waals surface area contributed by atoms with E-state index in [0.29, 0.717) is 0 Å². The molecule has 0 fully saturated rings. The lowest BCUT2D eigenvalue weighted by molar-refractivity contribution is 1.00. The Morgan fingerprint density at radius 3 is 2.94 bits per heavy atom. The lowest BCUT2D eigenvalue weighted by Gasteiger charge is -2.02. The van der Waals surface area contributed by atoms with Gasteiger partial charge in [0, 0.05) is 6.20 Å². The van der Waals surface area contributed by atoms with Gasteiger partial charge in [0.1, 0.15) is 0 Å². The first-order valence-electron chi connectivity index (χ1n) is 5.37. The molecule has 0 spiro atoms. The van der Waals surface area contributed by atoms with Crippen molar-refractivity contribution in [2.45, 2.75) is 6.92 Å². The standard InChI is InChI=1S/C13H11N3O/c1-9-4-5-11-12(7-9)16(13(17)15-11)10-3-2-6-14-8-10/h2-8H,1H3,(H,15,17). The van der Waals surface area contributed by atoms with Gasteiger partial charge in [-0.15, -0.1) is 0 Å². The van der Waals surface area contributed by atoms with E-state index in [1.807, 2.05) is 37.3 Å². The zero-order valence-corrected chi connectivity index (χ0v) is 9.34. The molecule has 2 heterocycles. The molecule has 3 rings (SSSR count). The second kappa shape index (κ2) is 3.59. The fourth-order valence-corrected chi connectivity index (χ4v) is 1.96. The van der Waals surface area contributed by atoms with E-state index in [1.165, 1.54) is 0 Å². The quantitative estimate of drug-likeness (QED) is 0.688. The minimum atomic E-state index is -0.140. The van der Waals surface area contributed by atoms with Crippen LogP contribution < -0.4 is 5.69 Å². The molecule has 0 unspecified atom stereocenters. The van der Waals surface area contributed by atoms with Gasteiger partial charge in [0.05, 0.1) is 22.9 Å². The average molecular weight is 225 g/mol. The molecular formula is C13H11N3O. The van der Waals surface area contributed by atoms with E-state index < -0.39 is 0 Å². The Balaban J connectivity index is 2.40. The predicted octanol–water partition coefficient (Wildman–Crippen LogP) is 2.02. The number of H-pyrrole nitrogens is 1. The number of aromatic nitrogens is 3. The zero-order chi connectivity index (χ0) is 11.8. The largest absolute Gasteiger partial charge is 0.331 e. The van der Waals surface area contributed by atoms with Gasteiger partial charge in [-0.1, -0.05) is 6.07 Å². The molecule has 17 heavy (non-hydrogen) atoms. The molecule has 1 N–H and O–H groups in total. The zero-order valence-electron chi connectivity index (χ0n) is 9.34. The number of aryl methyl sites for hydroxylation is 1. The Hall–Kier alpha value is -2.36. The highest BCUT2D eigenvalue weighted by atomic mass is 16.1. The molecular weight excluding hydrogens is 214 g/mol. The van der Waals surface area contributed by atoms with Crippen molar-refractivity contribution in [3.05, 3.63) is 58.8 Å². The van der Waals surface area contributed by atoms with Gasteiger partial charge in [-0.25, -0.2) is 4.79 Å². The van der Waals surface area contributed by atoms with Crippen molar-refractivity contribution in [1.29, 1.82) is 0 Å². The predicted molar refractivity (Wildman–Crippen MR) is 66.4 cm³/mol. The Morgan fingerprint density at radius 1 is 1.29 bits per heavy atom. The van der Waals surface area contributed by atoms with Crippen LogP contribution in [0.1, 0.15) is 5.56 Å². The fourth-order valence-electron chi connectivity index (χ4n) is 1.96. The van der Waals surface area contributed by atoms with Gasteiger partial charge >= 0.3 is 5.69 Å². The third-order valence-corrected chi connectivity index (χ3v) is 2.74. The molecule has 0 aliphatic heterocycles. The molecule has 0 saturated carbocycles. The van der Waals surface area contributed by atoms with E-state index in [1.54, 1.807) is 17.0 Å². The SMILES string of the molecule is Cc1ccc2[nH]c(=O)n(-c3cccnc3)c2c1. The summed E-state index contributed by atoms with van der Waals surface area (Å²) in [6, 6.07) is 9.56. The van der Waals surface area contributed by atoms with Crippen LogP contribution in [-0.4, -0.2) is 14.5 Å². The van der Waals surface area contributed by atoms with Gasteiger partial charge in [-0.2, -0.15) is 0 Å². The highest BCUT2D eigenvalue weighted by Gasteiger charge is 2.08. The minimum absolute atomic E-state index is 0.140. The number of fused-ring (bicyclic) bond motifs is 1. The van der Waals surface area contributed by atoms with Crippen molar-refractivity contribution in [2.75, 3.05) is 0 Å². The number of aromatic amines is 1. The molecule has 4 nitrogen and oxygen atoms in total. The molecule has 0 atom stereocenters. The summed E-state index contributed by atoms with van der Waals surface area (Å²) >= 11 is 0. The first-order chi connectivity index (χ1) is 8.25. The molecule has 0 aliphatic rings. The second-order valence-electron chi connectivity index (χ2n) is 4.00. The summed E-state index contributed by atoms with van der Waals surface area (Å²) < 4.78 is 1.63. The number of pyridine rings is 1. The van der Waals surface area contributed by atoms with Crippen LogP contribution in [0.3, 0.4) is 0 Å². The molecule has 0 amide bonds. The number of rotatable bonds is 1. The Morgan fingerprint density at radius 2 is 2.18 bits per heavy atom. The van der Waals surface area contributed by atoms with E-state index in [2.05, 4.69) is 9.97 Å². The average Bonchev–Trinajstić information content (AvgIpc) is 2.65. The summed E-state index contributed by atoms with van der Waals surface area (Å²) in [6.45, 7) is 2.00. The third kappa shape index (κ3) is 1.54. The third-order valence-electron chi connectivity index (χ3n) is 2.74. The van der Waals surface area contributed by atoms with Crippen LogP contribution in [0.15, 0.2) is 47.5 Å². The van der Waals surface area contributed by atoms with Gasteiger partial charge in [0.2, 0.25) is 0 Å². The molecule has 2 aromatic heterocycles.